The zero-order valence-electron chi connectivity index (χ0n) is 13.1. The Balaban J connectivity index is 1.85. The van der Waals surface area contributed by atoms with E-state index in [4.69, 9.17) is 9.15 Å². The predicted octanol–water partition coefficient (Wildman–Crippen LogP) is 2.60. The fraction of sp³-hybridized carbons (Fsp3) is 0.733. The summed E-state index contributed by atoms with van der Waals surface area (Å²) in [5.74, 6) is 0.804. The molecule has 2 rings (SSSR count). The van der Waals surface area contributed by atoms with Crippen molar-refractivity contribution >= 4 is 6.09 Å². The van der Waals surface area contributed by atoms with Crippen LogP contribution in [0.3, 0.4) is 0 Å². The summed E-state index contributed by atoms with van der Waals surface area (Å²) in [6.45, 7) is 6.77. The van der Waals surface area contributed by atoms with Crippen LogP contribution in [0.4, 0.5) is 4.79 Å². The molecule has 118 valence electrons. The van der Waals surface area contributed by atoms with Crippen LogP contribution in [0.5, 0.6) is 0 Å². The Morgan fingerprint density at radius 1 is 1.43 bits per heavy atom. The highest BCUT2D eigenvalue weighted by Gasteiger charge is 2.34. The molecule has 1 saturated carbocycles. The molecule has 0 spiro atoms. The van der Waals surface area contributed by atoms with Gasteiger partial charge >= 0.3 is 6.09 Å². The second-order valence-corrected chi connectivity index (χ2v) is 6.66. The number of aromatic nitrogens is 1. The Labute approximate surface area is 125 Å². The van der Waals surface area contributed by atoms with Gasteiger partial charge in [0.1, 0.15) is 11.4 Å². The molecule has 0 saturated heterocycles. The summed E-state index contributed by atoms with van der Waals surface area (Å²) in [5.41, 5.74) is -0.552. The summed E-state index contributed by atoms with van der Waals surface area (Å²) >= 11 is 0. The van der Waals surface area contributed by atoms with Gasteiger partial charge in [0.2, 0.25) is 0 Å². The smallest absolute Gasteiger partial charge is 0.407 e. The molecule has 0 unspecified atom stereocenters. The second-order valence-electron chi connectivity index (χ2n) is 6.66. The number of amides is 1. The first-order chi connectivity index (χ1) is 9.89. The molecule has 0 aliphatic heterocycles. The first-order valence-electron chi connectivity index (χ1n) is 7.48. The van der Waals surface area contributed by atoms with Crippen molar-refractivity contribution in [3.05, 3.63) is 18.4 Å². The Hall–Kier alpha value is -1.56. The van der Waals surface area contributed by atoms with Gasteiger partial charge in [0.15, 0.2) is 6.39 Å². The van der Waals surface area contributed by atoms with Gasteiger partial charge in [-0.05, 0) is 33.6 Å². The minimum absolute atomic E-state index is 0.0797. The van der Waals surface area contributed by atoms with E-state index < -0.39 is 5.60 Å². The number of carbonyl (C=O) groups is 1. The van der Waals surface area contributed by atoms with Crippen LogP contribution in [-0.2, 0) is 11.3 Å². The maximum absolute atomic E-state index is 11.8. The number of carbonyl (C=O) groups excluding carboxylic acids is 1. The van der Waals surface area contributed by atoms with Crippen LogP contribution in [0.25, 0.3) is 0 Å². The minimum atomic E-state index is -0.472. The van der Waals surface area contributed by atoms with Crippen LogP contribution in [0, 0.1) is 0 Å². The maximum Gasteiger partial charge on any atom is 0.407 e. The van der Waals surface area contributed by atoms with E-state index in [9.17, 15) is 4.79 Å². The SMILES string of the molecule is CC(C)(C)OC(=O)NCC1(NCc2cnco2)CCCC1. The number of hydrogen-bond donors (Lipinski definition) is 2. The van der Waals surface area contributed by atoms with Crippen LogP contribution in [-0.4, -0.2) is 28.8 Å². The fourth-order valence-electron chi connectivity index (χ4n) is 2.63. The Kier molecular flexibility index (Phi) is 4.88. The topological polar surface area (TPSA) is 76.4 Å². The molecule has 1 aromatic heterocycles. The molecule has 0 atom stereocenters. The molecule has 1 aliphatic carbocycles. The van der Waals surface area contributed by atoms with Crippen LogP contribution < -0.4 is 10.6 Å². The average Bonchev–Trinajstić information content (AvgIpc) is 3.05. The highest BCUT2D eigenvalue weighted by molar-refractivity contribution is 5.67. The first-order valence-corrected chi connectivity index (χ1v) is 7.48. The molecular formula is C15H25N3O3. The van der Waals surface area contributed by atoms with Gasteiger partial charge in [0.05, 0.1) is 12.7 Å². The molecule has 1 amide bonds. The Morgan fingerprint density at radius 2 is 2.14 bits per heavy atom. The minimum Gasteiger partial charge on any atom is -0.447 e. The number of oxazole rings is 1. The van der Waals surface area contributed by atoms with Gasteiger partial charge < -0.3 is 19.8 Å². The molecule has 1 heterocycles. The van der Waals surface area contributed by atoms with Gasteiger partial charge in [-0.25, -0.2) is 9.78 Å². The lowest BCUT2D eigenvalue weighted by Crippen LogP contribution is -2.51. The van der Waals surface area contributed by atoms with E-state index in [0.717, 1.165) is 18.6 Å². The van der Waals surface area contributed by atoms with Gasteiger partial charge in [-0.2, -0.15) is 0 Å². The number of rotatable bonds is 5. The van der Waals surface area contributed by atoms with E-state index in [1.165, 1.54) is 19.2 Å². The van der Waals surface area contributed by atoms with Crippen molar-refractivity contribution in [1.82, 2.24) is 15.6 Å². The fourth-order valence-corrected chi connectivity index (χ4v) is 2.63. The third kappa shape index (κ3) is 5.04. The van der Waals surface area contributed by atoms with Gasteiger partial charge in [0, 0.05) is 12.1 Å². The molecular weight excluding hydrogens is 270 g/mol. The van der Waals surface area contributed by atoms with Crippen molar-refractivity contribution in [2.75, 3.05) is 6.54 Å². The summed E-state index contributed by atoms with van der Waals surface area (Å²) in [5, 5.41) is 6.39. The molecule has 6 heteroatoms. The zero-order valence-corrected chi connectivity index (χ0v) is 13.1. The molecule has 6 nitrogen and oxygen atoms in total. The van der Waals surface area contributed by atoms with Gasteiger partial charge in [-0.3, -0.25) is 0 Å². The van der Waals surface area contributed by atoms with Crippen LogP contribution in [0.15, 0.2) is 17.0 Å². The number of hydrogen-bond acceptors (Lipinski definition) is 5. The average molecular weight is 295 g/mol. The summed E-state index contributed by atoms with van der Waals surface area (Å²) in [4.78, 5) is 15.7. The lowest BCUT2D eigenvalue weighted by Gasteiger charge is -2.31. The van der Waals surface area contributed by atoms with Crippen LogP contribution >= 0.6 is 0 Å². The van der Waals surface area contributed by atoms with E-state index >= 15 is 0 Å². The van der Waals surface area contributed by atoms with Crippen LogP contribution in [0.2, 0.25) is 0 Å². The molecule has 0 aromatic carbocycles. The molecule has 2 N–H and O–H groups in total. The van der Waals surface area contributed by atoms with E-state index in [1.807, 2.05) is 20.8 Å². The Bertz CT molecular complexity index is 445. The maximum atomic E-state index is 11.8. The quantitative estimate of drug-likeness (QED) is 0.873. The summed E-state index contributed by atoms with van der Waals surface area (Å²) in [6, 6.07) is 0. The molecule has 1 fully saturated rings. The van der Waals surface area contributed by atoms with E-state index in [1.54, 1.807) is 6.20 Å². The van der Waals surface area contributed by atoms with E-state index in [-0.39, 0.29) is 11.6 Å². The largest absolute Gasteiger partial charge is 0.447 e. The number of nitrogens with one attached hydrogen (secondary N) is 2. The monoisotopic (exact) mass is 295 g/mol. The molecule has 0 bridgehead atoms. The highest BCUT2D eigenvalue weighted by Crippen LogP contribution is 2.29. The van der Waals surface area contributed by atoms with Crippen molar-refractivity contribution in [2.24, 2.45) is 0 Å². The summed E-state index contributed by atoms with van der Waals surface area (Å²) in [7, 11) is 0. The number of ether oxygens (including phenoxy) is 1. The van der Waals surface area contributed by atoms with Crippen molar-refractivity contribution in [2.45, 2.75) is 64.1 Å². The lowest BCUT2D eigenvalue weighted by atomic mass is 9.97. The van der Waals surface area contributed by atoms with Crippen molar-refractivity contribution < 1.29 is 13.9 Å². The van der Waals surface area contributed by atoms with Gasteiger partial charge in [0.25, 0.3) is 0 Å². The number of nitrogens with zero attached hydrogens (tertiary/aromatic N) is 1. The second kappa shape index (κ2) is 6.47. The van der Waals surface area contributed by atoms with E-state index in [0.29, 0.717) is 13.1 Å². The van der Waals surface area contributed by atoms with Crippen molar-refractivity contribution in [3.63, 3.8) is 0 Å². The number of alkyl carbamates (subject to hydrolysis) is 1. The van der Waals surface area contributed by atoms with Crippen molar-refractivity contribution in [3.8, 4) is 0 Å². The molecule has 1 aliphatic rings. The highest BCUT2D eigenvalue weighted by atomic mass is 16.6. The third-order valence-corrected chi connectivity index (χ3v) is 3.65. The normalized spacial score (nSPS) is 17.7. The zero-order chi connectivity index (χ0) is 15.3. The van der Waals surface area contributed by atoms with E-state index in [2.05, 4.69) is 15.6 Å². The molecule has 1 aromatic rings. The van der Waals surface area contributed by atoms with Crippen LogP contribution in [0.1, 0.15) is 52.2 Å². The summed E-state index contributed by atoms with van der Waals surface area (Å²) < 4.78 is 10.5. The van der Waals surface area contributed by atoms with Gasteiger partial charge in [-0.15, -0.1) is 0 Å². The molecule has 21 heavy (non-hydrogen) atoms. The lowest BCUT2D eigenvalue weighted by molar-refractivity contribution is 0.0509. The van der Waals surface area contributed by atoms with Crippen molar-refractivity contribution in [1.29, 1.82) is 0 Å². The molecule has 0 radical (unpaired) electrons. The summed E-state index contributed by atoms with van der Waals surface area (Å²) in [6.07, 6.45) is 7.18. The Morgan fingerprint density at radius 3 is 2.71 bits per heavy atom. The third-order valence-electron chi connectivity index (χ3n) is 3.65. The van der Waals surface area contributed by atoms with Gasteiger partial charge in [-0.1, -0.05) is 12.8 Å². The standard InChI is InChI=1S/C15H25N3O3/c1-14(2,3)21-13(19)17-10-15(6-4-5-7-15)18-9-12-8-16-11-20-12/h8,11,18H,4-7,9-10H2,1-3H3,(H,17,19). The predicted molar refractivity (Wildman–Crippen MR) is 78.8 cm³/mol. The first kappa shape index (κ1) is 15.8.